The molecule has 0 radical (unpaired) electrons. The summed E-state index contributed by atoms with van der Waals surface area (Å²) in [6.45, 7) is 5.01. The molecule has 3 aromatic carbocycles. The molecule has 4 aromatic rings. The van der Waals surface area contributed by atoms with E-state index in [1.165, 1.54) is 7.11 Å². The van der Waals surface area contributed by atoms with Crippen LogP contribution in [0.5, 0.6) is 5.75 Å². The first-order chi connectivity index (χ1) is 21.8. The SMILES string of the molecule is C=CC1CN2CCC1CC2[C@H](Nc1c(NCc2cc(C(F)(F)F)cc(C(F)(F)F)c2)c(=O)c1=O)c1ccnc2ccc(OC)cc12. The lowest BCUT2D eigenvalue weighted by Gasteiger charge is -2.52. The fourth-order valence-corrected chi connectivity index (χ4v) is 6.82. The molecule has 0 amide bonds. The van der Waals surface area contributed by atoms with Gasteiger partial charge in [-0.15, -0.1) is 6.58 Å². The largest absolute Gasteiger partial charge is 0.497 e. The first kappa shape index (κ1) is 31.6. The third-order valence-electron chi connectivity index (χ3n) is 9.18. The second-order valence-electron chi connectivity index (χ2n) is 11.8. The van der Waals surface area contributed by atoms with Crippen molar-refractivity contribution in [3.05, 3.63) is 104 Å². The number of piperidine rings is 3. The Morgan fingerprint density at radius 3 is 2.33 bits per heavy atom. The third-order valence-corrected chi connectivity index (χ3v) is 9.18. The van der Waals surface area contributed by atoms with Gasteiger partial charge in [0.2, 0.25) is 0 Å². The van der Waals surface area contributed by atoms with Crippen molar-refractivity contribution in [3.63, 3.8) is 0 Å². The molecule has 5 atom stereocenters. The van der Waals surface area contributed by atoms with Gasteiger partial charge in [0.25, 0.3) is 10.9 Å². The summed E-state index contributed by atoms with van der Waals surface area (Å²) in [7, 11) is 1.54. The van der Waals surface area contributed by atoms with Crippen LogP contribution in [-0.4, -0.2) is 36.1 Å². The highest BCUT2D eigenvalue weighted by Gasteiger charge is 2.44. The summed E-state index contributed by atoms with van der Waals surface area (Å²) in [5, 5.41) is 6.68. The number of hydrogen-bond acceptors (Lipinski definition) is 7. The van der Waals surface area contributed by atoms with E-state index in [0.717, 1.165) is 36.9 Å². The number of ether oxygens (including phenoxy) is 1. The van der Waals surface area contributed by atoms with E-state index in [9.17, 15) is 35.9 Å². The number of fused-ring (bicyclic) bond motifs is 4. The van der Waals surface area contributed by atoms with Gasteiger partial charge in [0, 0.05) is 30.7 Å². The minimum absolute atomic E-state index is 0.0382. The van der Waals surface area contributed by atoms with Crippen molar-refractivity contribution in [1.82, 2.24) is 9.88 Å². The summed E-state index contributed by atoms with van der Waals surface area (Å²) in [4.78, 5) is 32.5. The molecule has 242 valence electrons. The summed E-state index contributed by atoms with van der Waals surface area (Å²) in [5.74, 6) is 1.25. The zero-order chi connectivity index (χ0) is 33.0. The normalized spacial score (nSPS) is 22.2. The lowest BCUT2D eigenvalue weighted by molar-refractivity contribution is -0.143. The first-order valence-electron chi connectivity index (χ1n) is 14.7. The van der Waals surface area contributed by atoms with Crippen LogP contribution in [0.15, 0.2) is 70.9 Å². The van der Waals surface area contributed by atoms with Gasteiger partial charge in [-0.2, -0.15) is 26.3 Å². The van der Waals surface area contributed by atoms with Gasteiger partial charge in [0.1, 0.15) is 17.1 Å². The van der Waals surface area contributed by atoms with Crippen LogP contribution in [0.25, 0.3) is 10.9 Å². The van der Waals surface area contributed by atoms with E-state index in [4.69, 9.17) is 4.74 Å². The molecule has 4 heterocycles. The van der Waals surface area contributed by atoms with Gasteiger partial charge < -0.3 is 15.4 Å². The highest BCUT2D eigenvalue weighted by molar-refractivity contribution is 5.85. The van der Waals surface area contributed by atoms with E-state index in [1.54, 1.807) is 12.3 Å². The predicted octanol–water partition coefficient (Wildman–Crippen LogP) is 6.54. The number of rotatable bonds is 9. The average Bonchev–Trinajstić information content (AvgIpc) is 3.04. The summed E-state index contributed by atoms with van der Waals surface area (Å²) in [6, 6.07) is 7.82. The maximum Gasteiger partial charge on any atom is 0.416 e. The van der Waals surface area contributed by atoms with Gasteiger partial charge >= 0.3 is 12.4 Å². The van der Waals surface area contributed by atoms with Crippen molar-refractivity contribution in [1.29, 1.82) is 0 Å². The van der Waals surface area contributed by atoms with Gasteiger partial charge in [0.15, 0.2) is 0 Å². The minimum atomic E-state index is -5.02. The molecule has 1 aromatic heterocycles. The molecule has 4 unspecified atom stereocenters. The average molecular weight is 645 g/mol. The molecule has 2 N–H and O–H groups in total. The van der Waals surface area contributed by atoms with Gasteiger partial charge in [-0.05, 0) is 84.8 Å². The predicted molar refractivity (Wildman–Crippen MR) is 162 cm³/mol. The van der Waals surface area contributed by atoms with Crippen molar-refractivity contribution < 1.29 is 31.1 Å². The van der Waals surface area contributed by atoms with E-state index in [1.807, 2.05) is 24.3 Å². The fraction of sp³-hybridized carbons (Fsp3) is 0.364. The standard InChI is InChI=1S/C33H30F6N4O3/c1-3-18-16-43-9-7-19(18)12-26(43)27(23-6-8-40-25-5-4-22(46-2)14-24(23)25)42-29-28(30(44)31(29)45)41-15-17-10-20(32(34,35)36)13-21(11-17)33(37,38)39/h3-6,8,10-11,13-14,18-19,26-27,41-42H,1,7,9,12,15-16H2,2H3/t18?,19?,26?,27-/m1/s1. The van der Waals surface area contributed by atoms with Crippen LogP contribution in [0.1, 0.15) is 41.1 Å². The zero-order valence-corrected chi connectivity index (χ0v) is 24.6. The van der Waals surface area contributed by atoms with Crippen LogP contribution in [0, 0.1) is 11.8 Å². The summed E-state index contributed by atoms with van der Waals surface area (Å²) in [5.41, 5.74) is -3.84. The van der Waals surface area contributed by atoms with E-state index in [-0.39, 0.29) is 29.0 Å². The van der Waals surface area contributed by atoms with E-state index in [2.05, 4.69) is 27.1 Å². The van der Waals surface area contributed by atoms with E-state index in [0.29, 0.717) is 35.2 Å². The highest BCUT2D eigenvalue weighted by Crippen LogP contribution is 2.44. The van der Waals surface area contributed by atoms with E-state index < -0.39 is 46.9 Å². The number of halogens is 6. The number of benzene rings is 2. The lowest BCUT2D eigenvalue weighted by Crippen LogP contribution is -2.56. The maximum atomic E-state index is 13.4. The second kappa shape index (κ2) is 11.8. The number of methoxy groups -OCH3 is 1. The van der Waals surface area contributed by atoms with Crippen molar-refractivity contribution >= 4 is 22.3 Å². The Balaban J connectivity index is 1.36. The molecule has 46 heavy (non-hydrogen) atoms. The summed E-state index contributed by atoms with van der Waals surface area (Å²) >= 11 is 0. The molecular formula is C33H30F6N4O3. The Kier molecular flexibility index (Phi) is 8.07. The van der Waals surface area contributed by atoms with Gasteiger partial charge in [0.05, 0.1) is 29.8 Å². The number of anilines is 2. The molecular weight excluding hydrogens is 614 g/mol. The Morgan fingerprint density at radius 2 is 1.72 bits per heavy atom. The van der Waals surface area contributed by atoms with Crippen molar-refractivity contribution in [3.8, 4) is 5.75 Å². The fourth-order valence-electron chi connectivity index (χ4n) is 6.82. The molecule has 13 heteroatoms. The molecule has 7 rings (SSSR count). The van der Waals surface area contributed by atoms with Gasteiger partial charge in [-0.1, -0.05) is 6.08 Å². The summed E-state index contributed by atoms with van der Waals surface area (Å²) in [6.07, 6.45) is -4.69. The first-order valence-corrected chi connectivity index (χ1v) is 14.7. The number of pyridine rings is 1. The number of hydrogen-bond donors (Lipinski definition) is 2. The van der Waals surface area contributed by atoms with Crippen LogP contribution in [0.4, 0.5) is 37.7 Å². The van der Waals surface area contributed by atoms with E-state index >= 15 is 0 Å². The molecule has 3 aliphatic rings. The summed E-state index contributed by atoms with van der Waals surface area (Å²) < 4.78 is 85.9. The third kappa shape index (κ3) is 5.83. The van der Waals surface area contributed by atoms with Gasteiger partial charge in [-0.3, -0.25) is 19.5 Å². The lowest BCUT2D eigenvalue weighted by atomic mass is 9.73. The Bertz CT molecular complexity index is 1830. The van der Waals surface area contributed by atoms with Crippen molar-refractivity contribution in [2.45, 2.75) is 43.8 Å². The van der Waals surface area contributed by atoms with Crippen LogP contribution in [-0.2, 0) is 18.9 Å². The number of nitrogens with zero attached hydrogens (tertiary/aromatic N) is 2. The van der Waals surface area contributed by atoms with Gasteiger partial charge in [-0.25, -0.2) is 0 Å². The zero-order valence-electron chi connectivity index (χ0n) is 24.6. The quantitative estimate of drug-likeness (QED) is 0.122. The molecule has 3 fully saturated rings. The molecule has 3 aliphatic heterocycles. The Morgan fingerprint density at radius 1 is 1.02 bits per heavy atom. The molecule has 0 saturated carbocycles. The molecule has 0 aliphatic carbocycles. The topological polar surface area (TPSA) is 83.6 Å². The second-order valence-corrected chi connectivity index (χ2v) is 11.8. The molecule has 7 nitrogen and oxygen atoms in total. The smallest absolute Gasteiger partial charge is 0.416 e. The van der Waals surface area contributed by atoms with Crippen LogP contribution < -0.4 is 26.2 Å². The number of alkyl halides is 6. The molecule has 2 bridgehead atoms. The monoisotopic (exact) mass is 644 g/mol. The number of nitrogens with one attached hydrogen (secondary N) is 2. The maximum absolute atomic E-state index is 13.4. The van der Waals surface area contributed by atoms with Crippen molar-refractivity contribution in [2.75, 3.05) is 30.8 Å². The highest BCUT2D eigenvalue weighted by atomic mass is 19.4. The minimum Gasteiger partial charge on any atom is -0.497 e. The van der Waals surface area contributed by atoms with Crippen LogP contribution in [0.3, 0.4) is 0 Å². The number of aromatic nitrogens is 1. The van der Waals surface area contributed by atoms with Crippen LogP contribution >= 0.6 is 0 Å². The molecule has 0 spiro atoms. The van der Waals surface area contributed by atoms with Crippen LogP contribution in [0.2, 0.25) is 0 Å². The Labute approximate surface area is 259 Å². The molecule has 3 saturated heterocycles. The Hall–Kier alpha value is -4.39. The van der Waals surface area contributed by atoms with Crippen molar-refractivity contribution in [2.24, 2.45) is 11.8 Å².